The molecule has 1 aromatic heterocycles. The van der Waals surface area contributed by atoms with Gasteiger partial charge in [-0.25, -0.2) is 9.97 Å². The smallest absolute Gasteiger partial charge is 0.222 e. The van der Waals surface area contributed by atoms with Crippen LogP contribution in [0.3, 0.4) is 0 Å². The average Bonchev–Trinajstić information content (AvgIpc) is 2.33. The van der Waals surface area contributed by atoms with Gasteiger partial charge in [0.25, 0.3) is 0 Å². The van der Waals surface area contributed by atoms with E-state index in [0.29, 0.717) is 6.04 Å². The van der Waals surface area contributed by atoms with Crippen LogP contribution in [0.25, 0.3) is 0 Å². The maximum Gasteiger partial charge on any atom is 0.222 e. The summed E-state index contributed by atoms with van der Waals surface area (Å²) >= 11 is 0. The van der Waals surface area contributed by atoms with Crippen molar-refractivity contribution in [1.29, 1.82) is 0 Å². The van der Waals surface area contributed by atoms with E-state index in [9.17, 15) is 0 Å². The number of rotatable bonds is 4. The van der Waals surface area contributed by atoms with Crippen molar-refractivity contribution in [3.63, 3.8) is 0 Å². The third-order valence-corrected chi connectivity index (χ3v) is 3.18. The standard InChI is InChI=1S/C13H21N3/c1-2-6-11-9-14-13(15-10-11)16-12-7-4-3-5-8-12/h9-10,12H,2-8H2,1H3,(H,14,15,16). The van der Waals surface area contributed by atoms with Gasteiger partial charge < -0.3 is 5.32 Å². The molecule has 3 heteroatoms. The number of aromatic nitrogens is 2. The molecule has 0 spiro atoms. The van der Waals surface area contributed by atoms with Crippen molar-refractivity contribution in [3.05, 3.63) is 18.0 Å². The van der Waals surface area contributed by atoms with E-state index in [2.05, 4.69) is 22.2 Å². The minimum Gasteiger partial charge on any atom is -0.351 e. The zero-order chi connectivity index (χ0) is 11.2. The molecule has 1 saturated carbocycles. The Morgan fingerprint density at radius 1 is 1.19 bits per heavy atom. The summed E-state index contributed by atoms with van der Waals surface area (Å²) in [4.78, 5) is 8.74. The van der Waals surface area contributed by atoms with Gasteiger partial charge in [0.1, 0.15) is 0 Å². The van der Waals surface area contributed by atoms with Crippen LogP contribution in [0.2, 0.25) is 0 Å². The molecule has 2 rings (SSSR count). The number of anilines is 1. The number of nitrogens with one attached hydrogen (secondary N) is 1. The lowest BCUT2D eigenvalue weighted by atomic mass is 9.96. The van der Waals surface area contributed by atoms with Gasteiger partial charge in [-0.3, -0.25) is 0 Å². The lowest BCUT2D eigenvalue weighted by Crippen LogP contribution is -2.23. The monoisotopic (exact) mass is 219 g/mol. The van der Waals surface area contributed by atoms with Crippen molar-refractivity contribution in [2.45, 2.75) is 57.9 Å². The van der Waals surface area contributed by atoms with Crippen LogP contribution in [0.1, 0.15) is 51.0 Å². The van der Waals surface area contributed by atoms with E-state index in [1.807, 2.05) is 12.4 Å². The molecule has 0 aliphatic heterocycles. The summed E-state index contributed by atoms with van der Waals surface area (Å²) in [5, 5.41) is 3.43. The topological polar surface area (TPSA) is 37.8 Å². The molecule has 16 heavy (non-hydrogen) atoms. The Balaban J connectivity index is 1.88. The van der Waals surface area contributed by atoms with E-state index in [1.54, 1.807) is 0 Å². The molecule has 0 saturated heterocycles. The Bertz CT molecular complexity index is 301. The Kier molecular flexibility index (Phi) is 4.14. The molecule has 0 atom stereocenters. The molecule has 0 radical (unpaired) electrons. The molecule has 0 unspecified atom stereocenters. The lowest BCUT2D eigenvalue weighted by Gasteiger charge is -2.22. The van der Waals surface area contributed by atoms with Crippen LogP contribution in [-0.4, -0.2) is 16.0 Å². The Morgan fingerprint density at radius 3 is 2.50 bits per heavy atom. The summed E-state index contributed by atoms with van der Waals surface area (Å²) in [5.41, 5.74) is 1.23. The first-order valence-electron chi connectivity index (χ1n) is 6.46. The zero-order valence-electron chi connectivity index (χ0n) is 10.1. The van der Waals surface area contributed by atoms with Crippen molar-refractivity contribution in [3.8, 4) is 0 Å². The molecular formula is C13H21N3. The minimum absolute atomic E-state index is 0.589. The number of aryl methyl sites for hydroxylation is 1. The number of hydrogen-bond donors (Lipinski definition) is 1. The second-order valence-corrected chi connectivity index (χ2v) is 4.64. The van der Waals surface area contributed by atoms with Crippen LogP contribution < -0.4 is 5.32 Å². The van der Waals surface area contributed by atoms with Crippen LogP contribution in [0.5, 0.6) is 0 Å². The highest BCUT2D eigenvalue weighted by molar-refractivity contribution is 5.26. The van der Waals surface area contributed by atoms with Gasteiger partial charge in [0.2, 0.25) is 5.95 Å². The number of nitrogens with zero attached hydrogens (tertiary/aromatic N) is 2. The summed E-state index contributed by atoms with van der Waals surface area (Å²) in [6.07, 6.45) is 12.7. The molecule has 1 aliphatic rings. The fraction of sp³-hybridized carbons (Fsp3) is 0.692. The lowest BCUT2D eigenvalue weighted by molar-refractivity contribution is 0.461. The highest BCUT2D eigenvalue weighted by atomic mass is 15.1. The van der Waals surface area contributed by atoms with E-state index >= 15 is 0 Å². The predicted molar refractivity (Wildman–Crippen MR) is 66.5 cm³/mol. The largest absolute Gasteiger partial charge is 0.351 e. The molecule has 0 bridgehead atoms. The molecule has 1 aliphatic carbocycles. The Hall–Kier alpha value is -1.12. The highest BCUT2D eigenvalue weighted by Gasteiger charge is 2.13. The third-order valence-electron chi connectivity index (χ3n) is 3.18. The predicted octanol–water partition coefficient (Wildman–Crippen LogP) is 3.17. The van der Waals surface area contributed by atoms with E-state index in [1.165, 1.54) is 37.7 Å². The normalized spacial score (nSPS) is 17.3. The fourth-order valence-electron chi connectivity index (χ4n) is 2.28. The van der Waals surface area contributed by atoms with Crippen molar-refractivity contribution in [2.24, 2.45) is 0 Å². The summed E-state index contributed by atoms with van der Waals surface area (Å²) < 4.78 is 0. The van der Waals surface area contributed by atoms with Gasteiger partial charge >= 0.3 is 0 Å². The average molecular weight is 219 g/mol. The molecule has 1 heterocycles. The van der Waals surface area contributed by atoms with Crippen LogP contribution in [-0.2, 0) is 6.42 Å². The van der Waals surface area contributed by atoms with Gasteiger partial charge in [-0.15, -0.1) is 0 Å². The third kappa shape index (κ3) is 3.19. The van der Waals surface area contributed by atoms with Gasteiger partial charge in [0, 0.05) is 18.4 Å². The first-order valence-corrected chi connectivity index (χ1v) is 6.46. The molecule has 1 aromatic rings. The molecule has 0 amide bonds. The van der Waals surface area contributed by atoms with Crippen molar-refractivity contribution >= 4 is 5.95 Å². The van der Waals surface area contributed by atoms with Crippen LogP contribution >= 0.6 is 0 Å². The van der Waals surface area contributed by atoms with E-state index in [-0.39, 0.29) is 0 Å². The molecule has 1 N–H and O–H groups in total. The van der Waals surface area contributed by atoms with Crippen molar-refractivity contribution in [2.75, 3.05) is 5.32 Å². The molecular weight excluding hydrogens is 198 g/mol. The summed E-state index contributed by atoms with van der Waals surface area (Å²) in [6.45, 7) is 2.17. The van der Waals surface area contributed by atoms with Crippen molar-refractivity contribution in [1.82, 2.24) is 9.97 Å². The molecule has 3 nitrogen and oxygen atoms in total. The molecule has 0 aromatic carbocycles. The first kappa shape index (κ1) is 11.4. The highest BCUT2D eigenvalue weighted by Crippen LogP contribution is 2.19. The molecule has 88 valence electrons. The van der Waals surface area contributed by atoms with E-state index < -0.39 is 0 Å². The van der Waals surface area contributed by atoms with Crippen molar-refractivity contribution < 1.29 is 0 Å². The van der Waals surface area contributed by atoms with Gasteiger partial charge in [-0.05, 0) is 24.8 Å². The summed E-state index contributed by atoms with van der Waals surface area (Å²) in [5.74, 6) is 0.798. The second-order valence-electron chi connectivity index (χ2n) is 4.64. The second kappa shape index (κ2) is 5.83. The van der Waals surface area contributed by atoms with Gasteiger partial charge in [-0.1, -0.05) is 32.6 Å². The Morgan fingerprint density at radius 2 is 1.88 bits per heavy atom. The summed E-state index contributed by atoms with van der Waals surface area (Å²) in [6, 6.07) is 0.589. The maximum atomic E-state index is 4.37. The minimum atomic E-state index is 0.589. The SMILES string of the molecule is CCCc1cnc(NC2CCCCC2)nc1. The van der Waals surface area contributed by atoms with E-state index in [0.717, 1.165) is 18.8 Å². The maximum absolute atomic E-state index is 4.37. The van der Waals surface area contributed by atoms with Gasteiger partial charge in [0.15, 0.2) is 0 Å². The quantitative estimate of drug-likeness (QED) is 0.845. The summed E-state index contributed by atoms with van der Waals surface area (Å²) in [7, 11) is 0. The zero-order valence-corrected chi connectivity index (χ0v) is 10.1. The van der Waals surface area contributed by atoms with Gasteiger partial charge in [0.05, 0.1) is 0 Å². The Labute approximate surface area is 97.7 Å². The van der Waals surface area contributed by atoms with Gasteiger partial charge in [-0.2, -0.15) is 0 Å². The van der Waals surface area contributed by atoms with Crippen LogP contribution in [0.15, 0.2) is 12.4 Å². The van der Waals surface area contributed by atoms with E-state index in [4.69, 9.17) is 0 Å². The molecule has 1 fully saturated rings. The first-order chi connectivity index (χ1) is 7.88. The van der Waals surface area contributed by atoms with Crippen LogP contribution in [0.4, 0.5) is 5.95 Å². The number of hydrogen-bond acceptors (Lipinski definition) is 3. The fourth-order valence-corrected chi connectivity index (χ4v) is 2.28. The van der Waals surface area contributed by atoms with Crippen LogP contribution in [0, 0.1) is 0 Å².